The van der Waals surface area contributed by atoms with Gasteiger partial charge in [-0.15, -0.1) is 9.39 Å². The highest BCUT2D eigenvalue weighted by Crippen LogP contribution is 2.29. The lowest BCUT2D eigenvalue weighted by Crippen LogP contribution is -2.34. The molecular formula is C15H14N6O7S. The van der Waals surface area contributed by atoms with Crippen molar-refractivity contribution in [3.05, 3.63) is 73.8 Å². The zero-order valence-electron chi connectivity index (χ0n) is 14.8. The molecule has 14 heteroatoms. The van der Waals surface area contributed by atoms with Gasteiger partial charge in [-0.25, -0.2) is 0 Å². The number of para-hydroxylation sites is 1. The van der Waals surface area contributed by atoms with E-state index in [1.165, 1.54) is 30.3 Å². The van der Waals surface area contributed by atoms with E-state index in [1.807, 2.05) is 0 Å². The largest absolute Gasteiger partial charge is 0.367 e. The van der Waals surface area contributed by atoms with Gasteiger partial charge in [0.15, 0.2) is 0 Å². The molecule has 0 radical (unpaired) electrons. The molecule has 0 unspecified atom stereocenters. The van der Waals surface area contributed by atoms with Gasteiger partial charge in [0, 0.05) is 6.07 Å². The summed E-state index contributed by atoms with van der Waals surface area (Å²) in [5.74, 6) is -0.954. The van der Waals surface area contributed by atoms with Crippen LogP contribution in [0, 0.1) is 32.6 Å². The quantitative estimate of drug-likeness (QED) is 0.288. The van der Waals surface area contributed by atoms with Gasteiger partial charge >= 0.3 is 21.5 Å². The Morgan fingerprint density at radius 3 is 2.31 bits per heavy atom. The van der Waals surface area contributed by atoms with Crippen molar-refractivity contribution in [3.63, 3.8) is 0 Å². The van der Waals surface area contributed by atoms with Crippen LogP contribution in [0.1, 0.15) is 11.1 Å². The summed E-state index contributed by atoms with van der Waals surface area (Å²) < 4.78 is 29.3. The van der Waals surface area contributed by atoms with Gasteiger partial charge in [-0.05, 0) is 25.1 Å². The monoisotopic (exact) mass is 422 g/mol. The number of nitro benzene ring substituents is 2. The SMILES string of the molecule is Cc1ccc(S(=O)(=O)ON(N=Cc2cccc([N+](=O)[O-])c2[N+](=O)[O-])C(=N)N)cc1. The van der Waals surface area contributed by atoms with Gasteiger partial charge in [0.05, 0.1) is 26.5 Å². The molecule has 29 heavy (non-hydrogen) atoms. The summed E-state index contributed by atoms with van der Waals surface area (Å²) in [5, 5.41) is 33.2. The molecule has 0 fully saturated rings. The summed E-state index contributed by atoms with van der Waals surface area (Å²) in [6.07, 6.45) is 0.719. The van der Waals surface area contributed by atoms with Gasteiger partial charge < -0.3 is 5.73 Å². The molecule has 0 amide bonds. The summed E-state index contributed by atoms with van der Waals surface area (Å²) in [5.41, 5.74) is 4.06. The summed E-state index contributed by atoms with van der Waals surface area (Å²) in [7, 11) is -4.42. The van der Waals surface area contributed by atoms with Gasteiger partial charge in [0.2, 0.25) is 5.96 Å². The molecule has 0 aliphatic carbocycles. The fraction of sp³-hybridized carbons (Fsp3) is 0.0667. The Hall–Kier alpha value is -3.91. The molecule has 0 saturated heterocycles. The van der Waals surface area contributed by atoms with Gasteiger partial charge in [-0.3, -0.25) is 25.6 Å². The summed E-state index contributed by atoms with van der Waals surface area (Å²) in [6, 6.07) is 8.80. The van der Waals surface area contributed by atoms with Crippen LogP contribution in [0.5, 0.6) is 0 Å². The molecular weight excluding hydrogens is 408 g/mol. The van der Waals surface area contributed by atoms with E-state index in [-0.39, 0.29) is 15.6 Å². The number of nitrogens with zero attached hydrogens (tertiary/aromatic N) is 4. The minimum absolute atomic E-state index is 0.109. The number of benzene rings is 2. The second-order valence-corrected chi connectivity index (χ2v) is 7.00. The second-order valence-electron chi connectivity index (χ2n) is 5.47. The van der Waals surface area contributed by atoms with Crippen LogP contribution < -0.4 is 5.73 Å². The van der Waals surface area contributed by atoms with E-state index >= 15 is 0 Å². The average molecular weight is 422 g/mol. The van der Waals surface area contributed by atoms with Crippen LogP contribution in [-0.4, -0.2) is 35.6 Å². The predicted octanol–water partition coefficient (Wildman–Crippen LogP) is 1.66. The molecule has 2 aromatic rings. The lowest BCUT2D eigenvalue weighted by atomic mass is 10.1. The Labute approximate surface area is 163 Å². The van der Waals surface area contributed by atoms with Crippen LogP contribution in [0.4, 0.5) is 11.4 Å². The van der Waals surface area contributed by atoms with E-state index in [9.17, 15) is 28.6 Å². The number of nitro groups is 2. The molecule has 0 heterocycles. The smallest absolute Gasteiger partial charge is 0.354 e. The summed E-state index contributed by atoms with van der Waals surface area (Å²) in [6.45, 7) is 1.75. The first-order chi connectivity index (χ1) is 13.5. The zero-order chi connectivity index (χ0) is 21.8. The molecule has 0 spiro atoms. The van der Waals surface area contributed by atoms with E-state index in [0.717, 1.165) is 23.9 Å². The maximum absolute atomic E-state index is 12.3. The van der Waals surface area contributed by atoms with E-state index in [4.69, 9.17) is 11.1 Å². The van der Waals surface area contributed by atoms with Crippen molar-refractivity contribution in [1.29, 1.82) is 5.41 Å². The molecule has 2 aromatic carbocycles. The van der Waals surface area contributed by atoms with Crippen molar-refractivity contribution in [2.45, 2.75) is 11.8 Å². The fourth-order valence-corrected chi connectivity index (χ4v) is 2.94. The molecule has 0 saturated carbocycles. The number of rotatable bonds is 7. The van der Waals surface area contributed by atoms with Gasteiger partial charge in [-0.2, -0.15) is 8.42 Å². The van der Waals surface area contributed by atoms with Gasteiger partial charge in [0.25, 0.3) is 0 Å². The Balaban J connectivity index is 2.39. The minimum Gasteiger partial charge on any atom is -0.367 e. The molecule has 0 bridgehead atoms. The normalized spacial score (nSPS) is 11.3. The molecule has 0 atom stereocenters. The van der Waals surface area contributed by atoms with Crippen molar-refractivity contribution >= 4 is 33.7 Å². The first-order valence-corrected chi connectivity index (χ1v) is 9.05. The van der Waals surface area contributed by atoms with Crippen LogP contribution in [0.2, 0.25) is 0 Å². The van der Waals surface area contributed by atoms with Crippen molar-refractivity contribution in [2.24, 2.45) is 10.8 Å². The molecule has 152 valence electrons. The second kappa shape index (κ2) is 8.41. The molecule has 0 aromatic heterocycles. The number of guanidine groups is 1. The summed E-state index contributed by atoms with van der Waals surface area (Å²) in [4.78, 5) is 20.0. The Morgan fingerprint density at radius 2 is 1.79 bits per heavy atom. The number of hydroxylamine groups is 1. The molecule has 2 rings (SSSR count). The average Bonchev–Trinajstić information content (AvgIpc) is 2.64. The third kappa shape index (κ3) is 5.08. The van der Waals surface area contributed by atoms with Crippen molar-refractivity contribution < 1.29 is 22.5 Å². The number of hydrogen-bond acceptors (Lipinski definition) is 9. The first-order valence-electron chi connectivity index (χ1n) is 7.64. The number of aryl methyl sites for hydroxylation is 1. The molecule has 13 nitrogen and oxygen atoms in total. The maximum Gasteiger partial charge on any atom is 0.354 e. The van der Waals surface area contributed by atoms with Crippen LogP contribution in [-0.2, 0) is 14.4 Å². The Bertz CT molecular complexity index is 1100. The standard InChI is InChI=1S/C15H14N6O7S/c1-10-5-7-12(8-6-10)29(26,27)28-19(15(16)17)18-9-11-3-2-4-13(20(22)23)14(11)21(24)25/h2-9H,1H3,(H3,16,17). The Morgan fingerprint density at radius 1 is 1.17 bits per heavy atom. The van der Waals surface area contributed by atoms with E-state index in [2.05, 4.69) is 9.39 Å². The minimum atomic E-state index is -4.42. The van der Waals surface area contributed by atoms with Gasteiger partial charge in [-0.1, -0.05) is 28.9 Å². The van der Waals surface area contributed by atoms with Crippen molar-refractivity contribution in [3.8, 4) is 0 Å². The molecule has 3 N–H and O–H groups in total. The highest BCUT2D eigenvalue weighted by Gasteiger charge is 2.28. The highest BCUT2D eigenvalue weighted by molar-refractivity contribution is 7.86. The van der Waals surface area contributed by atoms with E-state index in [1.54, 1.807) is 6.92 Å². The number of hydrogen-bond donors (Lipinski definition) is 2. The van der Waals surface area contributed by atoms with Crippen molar-refractivity contribution in [2.75, 3.05) is 0 Å². The van der Waals surface area contributed by atoms with E-state index < -0.39 is 37.3 Å². The van der Waals surface area contributed by atoms with Crippen LogP contribution in [0.3, 0.4) is 0 Å². The van der Waals surface area contributed by atoms with E-state index in [0.29, 0.717) is 0 Å². The third-order valence-electron chi connectivity index (χ3n) is 3.41. The topological polar surface area (TPSA) is 195 Å². The van der Waals surface area contributed by atoms with Crippen LogP contribution >= 0.6 is 0 Å². The Kier molecular flexibility index (Phi) is 6.20. The lowest BCUT2D eigenvalue weighted by molar-refractivity contribution is -0.422. The van der Waals surface area contributed by atoms with Crippen LogP contribution in [0.15, 0.2) is 52.5 Å². The number of hydrazone groups is 1. The highest BCUT2D eigenvalue weighted by atomic mass is 32.2. The zero-order valence-corrected chi connectivity index (χ0v) is 15.6. The van der Waals surface area contributed by atoms with Crippen molar-refractivity contribution in [1.82, 2.24) is 5.17 Å². The van der Waals surface area contributed by atoms with Gasteiger partial charge in [0.1, 0.15) is 0 Å². The molecule has 0 aliphatic rings. The third-order valence-corrected chi connectivity index (χ3v) is 4.60. The number of nitrogens with one attached hydrogen (secondary N) is 1. The first kappa shape index (κ1) is 21.4. The lowest BCUT2D eigenvalue weighted by Gasteiger charge is -2.15. The predicted molar refractivity (Wildman–Crippen MR) is 101 cm³/mol. The van der Waals surface area contributed by atoms with Crippen LogP contribution in [0.25, 0.3) is 0 Å². The fourth-order valence-electron chi connectivity index (χ4n) is 2.08. The maximum atomic E-state index is 12.3. The summed E-state index contributed by atoms with van der Waals surface area (Å²) >= 11 is 0. The molecule has 0 aliphatic heterocycles. The number of nitrogens with two attached hydrogens (primary N) is 1.